The van der Waals surface area contributed by atoms with Crippen LogP contribution in [-0.4, -0.2) is 34.4 Å². The number of anilines is 2. The molecule has 0 aliphatic rings. The number of nitrogen functional groups attached to an aromatic ring is 1. The summed E-state index contributed by atoms with van der Waals surface area (Å²) in [5, 5.41) is 15.7. The van der Waals surface area contributed by atoms with Gasteiger partial charge in [-0.3, -0.25) is 14.9 Å². The lowest BCUT2D eigenvalue weighted by molar-refractivity contribution is -0.384. The van der Waals surface area contributed by atoms with E-state index in [0.717, 1.165) is 6.20 Å². The van der Waals surface area contributed by atoms with Crippen LogP contribution in [0.5, 0.6) is 0 Å². The molecular formula is C8H12N6O3. The third-order valence-corrected chi connectivity index (χ3v) is 1.91. The minimum absolute atomic E-state index is 0.00593. The largest absolute Gasteiger partial charge is 0.368 e. The number of hydrogen-bond acceptors (Lipinski definition) is 7. The molecule has 0 radical (unpaired) electrons. The third-order valence-electron chi connectivity index (χ3n) is 1.91. The van der Waals surface area contributed by atoms with Crippen molar-refractivity contribution in [2.24, 2.45) is 0 Å². The number of hydrogen-bond donors (Lipinski definition) is 3. The number of nitrogens with two attached hydrogens (primary N) is 1. The van der Waals surface area contributed by atoms with Crippen molar-refractivity contribution in [3.8, 4) is 0 Å². The predicted octanol–water partition coefficient (Wildman–Crippen LogP) is -0.485. The first-order chi connectivity index (χ1) is 8.04. The van der Waals surface area contributed by atoms with Crippen LogP contribution in [-0.2, 0) is 4.79 Å². The highest BCUT2D eigenvalue weighted by Gasteiger charge is 2.16. The van der Waals surface area contributed by atoms with Gasteiger partial charge in [0.1, 0.15) is 6.20 Å². The second kappa shape index (κ2) is 5.58. The van der Waals surface area contributed by atoms with Gasteiger partial charge in [-0.05, 0) is 0 Å². The van der Waals surface area contributed by atoms with E-state index in [-0.39, 0.29) is 36.3 Å². The summed E-state index contributed by atoms with van der Waals surface area (Å²) in [6.07, 6.45) is 1.20. The number of nitro groups is 1. The average molecular weight is 240 g/mol. The van der Waals surface area contributed by atoms with Gasteiger partial charge in [-0.15, -0.1) is 0 Å². The van der Waals surface area contributed by atoms with Crippen LogP contribution in [0.25, 0.3) is 0 Å². The Morgan fingerprint density at radius 3 is 2.94 bits per heavy atom. The van der Waals surface area contributed by atoms with Crippen molar-refractivity contribution in [3.63, 3.8) is 0 Å². The highest BCUT2D eigenvalue weighted by Crippen LogP contribution is 2.20. The van der Waals surface area contributed by atoms with Crippen molar-refractivity contribution >= 4 is 23.4 Å². The molecule has 1 aromatic heterocycles. The van der Waals surface area contributed by atoms with E-state index in [1.807, 2.05) is 0 Å². The van der Waals surface area contributed by atoms with Gasteiger partial charge in [-0.25, -0.2) is 4.98 Å². The molecule has 0 bridgehead atoms. The van der Waals surface area contributed by atoms with Gasteiger partial charge in [0.2, 0.25) is 17.7 Å². The molecular weight excluding hydrogens is 228 g/mol. The Balaban J connectivity index is 2.72. The minimum Gasteiger partial charge on any atom is -0.368 e. The van der Waals surface area contributed by atoms with Crippen molar-refractivity contribution in [2.75, 3.05) is 24.6 Å². The fourth-order valence-corrected chi connectivity index (χ4v) is 1.07. The van der Waals surface area contributed by atoms with E-state index in [1.54, 1.807) is 0 Å². The molecule has 0 aliphatic heterocycles. The Hall–Kier alpha value is -2.45. The van der Waals surface area contributed by atoms with Crippen molar-refractivity contribution < 1.29 is 9.72 Å². The van der Waals surface area contributed by atoms with Crippen LogP contribution in [0.4, 0.5) is 17.5 Å². The van der Waals surface area contributed by atoms with Gasteiger partial charge in [-0.1, -0.05) is 0 Å². The van der Waals surface area contributed by atoms with Gasteiger partial charge < -0.3 is 16.4 Å². The van der Waals surface area contributed by atoms with E-state index in [2.05, 4.69) is 20.6 Å². The van der Waals surface area contributed by atoms with Crippen LogP contribution in [0.3, 0.4) is 0 Å². The molecule has 92 valence electrons. The van der Waals surface area contributed by atoms with E-state index < -0.39 is 4.92 Å². The Morgan fingerprint density at radius 1 is 1.65 bits per heavy atom. The molecule has 17 heavy (non-hydrogen) atoms. The van der Waals surface area contributed by atoms with E-state index in [0.29, 0.717) is 0 Å². The first-order valence-corrected chi connectivity index (χ1v) is 4.76. The summed E-state index contributed by atoms with van der Waals surface area (Å²) in [4.78, 5) is 28.2. The summed E-state index contributed by atoms with van der Waals surface area (Å²) in [5.74, 6) is -0.244. The predicted molar refractivity (Wildman–Crippen MR) is 60.3 cm³/mol. The molecule has 1 aromatic rings. The summed E-state index contributed by atoms with van der Waals surface area (Å²) < 4.78 is 0. The van der Waals surface area contributed by atoms with Gasteiger partial charge in [0.25, 0.3) is 0 Å². The maximum atomic E-state index is 10.9. The first-order valence-electron chi connectivity index (χ1n) is 4.76. The molecule has 1 amide bonds. The van der Waals surface area contributed by atoms with E-state index >= 15 is 0 Å². The zero-order valence-corrected chi connectivity index (χ0v) is 9.14. The molecule has 0 aromatic carbocycles. The lowest BCUT2D eigenvalue weighted by Crippen LogP contribution is -2.21. The number of carbonyl (C=O) groups is 1. The van der Waals surface area contributed by atoms with E-state index in [9.17, 15) is 14.9 Å². The quantitative estimate of drug-likeness (QED) is 0.466. The van der Waals surface area contributed by atoms with Gasteiger partial charge in [0, 0.05) is 20.0 Å². The third kappa shape index (κ3) is 3.55. The summed E-state index contributed by atoms with van der Waals surface area (Å²) in [6.45, 7) is 0.219. The molecule has 0 atom stereocenters. The molecule has 1 rings (SSSR count). The number of nitrogens with zero attached hydrogens (tertiary/aromatic N) is 3. The molecule has 0 saturated heterocycles. The van der Waals surface area contributed by atoms with Crippen LogP contribution < -0.4 is 16.4 Å². The highest BCUT2D eigenvalue weighted by molar-refractivity contribution is 5.76. The number of nitrogens with one attached hydrogen (secondary N) is 2. The maximum Gasteiger partial charge on any atom is 0.329 e. The fraction of sp³-hybridized carbons (Fsp3) is 0.375. The molecule has 4 N–H and O–H groups in total. The van der Waals surface area contributed by atoms with Crippen LogP contribution in [0.2, 0.25) is 0 Å². The lowest BCUT2D eigenvalue weighted by atomic mass is 10.4. The fourth-order valence-electron chi connectivity index (χ4n) is 1.07. The Morgan fingerprint density at radius 2 is 2.35 bits per heavy atom. The highest BCUT2D eigenvalue weighted by atomic mass is 16.6. The van der Waals surface area contributed by atoms with E-state index in [4.69, 9.17) is 5.73 Å². The summed E-state index contributed by atoms with van der Waals surface area (Å²) >= 11 is 0. The summed E-state index contributed by atoms with van der Waals surface area (Å²) in [5.41, 5.74) is 5.04. The number of carbonyl (C=O) groups excluding carboxylic acids is 1. The monoisotopic (exact) mass is 240 g/mol. The molecule has 9 heteroatoms. The van der Waals surface area contributed by atoms with Crippen LogP contribution in [0.15, 0.2) is 6.20 Å². The average Bonchev–Trinajstić information content (AvgIpc) is 2.28. The van der Waals surface area contributed by atoms with Gasteiger partial charge >= 0.3 is 5.69 Å². The summed E-state index contributed by atoms with van der Waals surface area (Å²) in [7, 11) is 1.51. The Kier molecular flexibility index (Phi) is 4.14. The molecule has 0 saturated carbocycles. The number of rotatable bonds is 5. The van der Waals surface area contributed by atoms with Crippen LogP contribution in [0.1, 0.15) is 6.42 Å². The van der Waals surface area contributed by atoms with Gasteiger partial charge in [0.05, 0.1) is 4.92 Å². The molecule has 0 unspecified atom stereocenters. The zero-order chi connectivity index (χ0) is 12.8. The van der Waals surface area contributed by atoms with Crippen molar-refractivity contribution in [1.29, 1.82) is 0 Å². The SMILES string of the molecule is CNC(=O)CCNc1nc(N)ncc1[N+](=O)[O-]. The van der Waals surface area contributed by atoms with Crippen molar-refractivity contribution in [1.82, 2.24) is 15.3 Å². The van der Waals surface area contributed by atoms with Crippen LogP contribution >= 0.6 is 0 Å². The lowest BCUT2D eigenvalue weighted by Gasteiger charge is -2.05. The number of aromatic nitrogens is 2. The summed E-state index contributed by atoms with van der Waals surface area (Å²) in [6, 6.07) is 0. The zero-order valence-electron chi connectivity index (χ0n) is 9.14. The van der Waals surface area contributed by atoms with E-state index in [1.165, 1.54) is 7.05 Å². The maximum absolute atomic E-state index is 10.9. The van der Waals surface area contributed by atoms with Gasteiger partial charge in [-0.2, -0.15) is 4.98 Å². The Bertz CT molecular complexity index is 435. The second-order valence-electron chi connectivity index (χ2n) is 3.07. The molecule has 0 spiro atoms. The molecule has 0 fully saturated rings. The topological polar surface area (TPSA) is 136 Å². The molecule has 9 nitrogen and oxygen atoms in total. The second-order valence-corrected chi connectivity index (χ2v) is 3.07. The minimum atomic E-state index is -0.623. The van der Waals surface area contributed by atoms with Crippen molar-refractivity contribution in [3.05, 3.63) is 16.3 Å². The van der Waals surface area contributed by atoms with Crippen molar-refractivity contribution in [2.45, 2.75) is 6.42 Å². The molecule has 0 aliphatic carbocycles. The molecule has 1 heterocycles. The first kappa shape index (κ1) is 12.6. The Labute approximate surface area is 96.6 Å². The van der Waals surface area contributed by atoms with Crippen LogP contribution in [0, 0.1) is 10.1 Å². The standard InChI is InChI=1S/C8H12N6O3/c1-10-6(15)2-3-11-7-5(14(16)17)4-12-8(9)13-7/h4H,2-3H2,1H3,(H,10,15)(H3,9,11,12,13). The smallest absolute Gasteiger partial charge is 0.329 e. The van der Waals surface area contributed by atoms with Gasteiger partial charge in [0.15, 0.2) is 0 Å². The number of amides is 1. The normalized spacial score (nSPS) is 9.71.